The number of aryl methyl sites for hydroxylation is 2. The smallest absolute Gasteiger partial charge is 0.277 e. The Morgan fingerprint density at radius 2 is 1.57 bits per heavy atom. The van der Waals surface area contributed by atoms with Gasteiger partial charge < -0.3 is 14.4 Å². The summed E-state index contributed by atoms with van der Waals surface area (Å²) in [5.41, 5.74) is 6.41. The number of hydrogen-bond acceptors (Lipinski definition) is 7. The minimum Gasteiger partial charge on any atom is -0.493 e. The van der Waals surface area contributed by atoms with Crippen molar-refractivity contribution in [2.24, 2.45) is 10.1 Å². The molecule has 0 atom stereocenters. The number of rotatable bonds is 18. The van der Waals surface area contributed by atoms with Gasteiger partial charge in [0.05, 0.1) is 24.6 Å². The van der Waals surface area contributed by atoms with E-state index in [4.69, 9.17) is 24.6 Å². The van der Waals surface area contributed by atoms with Crippen LogP contribution in [0.5, 0.6) is 11.5 Å². The monoisotopic (exact) mass is 627 g/mol. The lowest BCUT2D eigenvalue weighted by Crippen LogP contribution is -2.27. The van der Waals surface area contributed by atoms with Crippen LogP contribution in [0.4, 0.5) is 11.4 Å². The zero-order chi connectivity index (χ0) is 33.1. The highest BCUT2D eigenvalue weighted by atomic mass is 16.5. The highest BCUT2D eigenvalue weighted by Crippen LogP contribution is 2.32. The molecule has 0 aliphatic carbocycles. The lowest BCUT2D eigenvalue weighted by Gasteiger charge is -2.21. The van der Waals surface area contributed by atoms with Crippen molar-refractivity contribution in [3.05, 3.63) is 75.0 Å². The van der Waals surface area contributed by atoms with E-state index in [1.54, 1.807) is 0 Å². The van der Waals surface area contributed by atoms with Crippen LogP contribution in [0, 0.1) is 6.92 Å². The van der Waals surface area contributed by atoms with Crippen LogP contribution in [0.2, 0.25) is 0 Å². The molecule has 0 N–H and O–H groups in total. The van der Waals surface area contributed by atoms with Crippen molar-refractivity contribution < 1.29 is 9.47 Å². The standard InChI is InChI=1S/C38H53N5O3/c1-8-14-17-18-33-30(11-4)38(44)43-37(40-33)36(39-32-22-19-28(25-27(32)7)42(12-5)13-6)35(41-43)31-21-20-29(45-23-15-9-2)26-34(31)46-24-16-10-3/h19-22,25-26H,8-18,23-24H2,1-7H3. The van der Waals surface area contributed by atoms with Gasteiger partial charge in [0, 0.05) is 36.0 Å². The molecule has 4 rings (SSSR count). The Hall–Kier alpha value is -3.94. The average Bonchev–Trinajstić information content (AvgIpc) is 3.41. The molecule has 0 amide bonds. The highest BCUT2D eigenvalue weighted by molar-refractivity contribution is 6.54. The molecule has 0 unspecified atom stereocenters. The number of hydrogen-bond donors (Lipinski definition) is 0. The van der Waals surface area contributed by atoms with Gasteiger partial charge in [-0.25, -0.2) is 9.98 Å². The SMILES string of the molecule is CCCCCc1nc2n(c(=O)c1CC)N=C(c1ccc(OCCCC)cc1OCCCC)C2=Nc1ccc(N(CC)CC)cc1C. The van der Waals surface area contributed by atoms with Gasteiger partial charge in [-0.3, -0.25) is 4.79 Å². The Morgan fingerprint density at radius 3 is 2.22 bits per heavy atom. The zero-order valence-electron chi connectivity index (χ0n) is 29.1. The molecule has 8 heteroatoms. The number of aromatic nitrogens is 2. The van der Waals surface area contributed by atoms with Gasteiger partial charge in [-0.15, -0.1) is 0 Å². The van der Waals surface area contributed by atoms with Crippen LogP contribution in [-0.2, 0) is 12.8 Å². The van der Waals surface area contributed by atoms with Crippen LogP contribution in [0.25, 0.3) is 0 Å². The summed E-state index contributed by atoms with van der Waals surface area (Å²) in [6.45, 7) is 18.0. The van der Waals surface area contributed by atoms with E-state index in [0.717, 1.165) is 104 Å². The summed E-state index contributed by atoms with van der Waals surface area (Å²) in [4.78, 5) is 26.6. The van der Waals surface area contributed by atoms with Gasteiger partial charge in [0.15, 0.2) is 5.82 Å². The van der Waals surface area contributed by atoms with Crippen molar-refractivity contribution >= 4 is 22.8 Å². The zero-order valence-corrected chi connectivity index (χ0v) is 29.1. The van der Waals surface area contributed by atoms with Gasteiger partial charge in [-0.1, -0.05) is 53.4 Å². The molecule has 46 heavy (non-hydrogen) atoms. The molecule has 0 saturated heterocycles. The van der Waals surface area contributed by atoms with Crippen molar-refractivity contribution in [2.75, 3.05) is 31.2 Å². The van der Waals surface area contributed by atoms with Gasteiger partial charge >= 0.3 is 0 Å². The predicted octanol–water partition coefficient (Wildman–Crippen LogP) is 8.44. The van der Waals surface area contributed by atoms with Crippen LogP contribution >= 0.6 is 0 Å². The second kappa shape index (κ2) is 17.1. The number of ether oxygens (including phenoxy) is 2. The largest absolute Gasteiger partial charge is 0.493 e. The molecule has 248 valence electrons. The first-order valence-electron chi connectivity index (χ1n) is 17.5. The van der Waals surface area contributed by atoms with E-state index < -0.39 is 0 Å². The number of benzene rings is 2. The lowest BCUT2D eigenvalue weighted by molar-refractivity contribution is 0.294. The van der Waals surface area contributed by atoms with Gasteiger partial charge in [-0.2, -0.15) is 9.78 Å². The molecule has 2 heterocycles. The fraction of sp³-hybridized carbons (Fsp3) is 0.526. The Morgan fingerprint density at radius 1 is 0.848 bits per heavy atom. The quantitative estimate of drug-likeness (QED) is 0.132. The lowest BCUT2D eigenvalue weighted by atomic mass is 10.0. The van der Waals surface area contributed by atoms with E-state index in [2.05, 4.69) is 64.6 Å². The first-order chi connectivity index (χ1) is 22.4. The van der Waals surface area contributed by atoms with Crippen LogP contribution in [-0.4, -0.2) is 47.4 Å². The maximum Gasteiger partial charge on any atom is 0.277 e. The topological polar surface area (TPSA) is 81.3 Å². The highest BCUT2D eigenvalue weighted by Gasteiger charge is 2.31. The van der Waals surface area contributed by atoms with Gasteiger partial charge in [0.2, 0.25) is 0 Å². The number of aliphatic imine (C=N–C) groups is 1. The summed E-state index contributed by atoms with van der Waals surface area (Å²) in [7, 11) is 0. The molecule has 2 aromatic carbocycles. The summed E-state index contributed by atoms with van der Waals surface area (Å²) < 4.78 is 13.9. The predicted molar refractivity (Wildman–Crippen MR) is 191 cm³/mol. The average molecular weight is 628 g/mol. The van der Waals surface area contributed by atoms with Crippen molar-refractivity contribution in [2.45, 2.75) is 106 Å². The fourth-order valence-corrected chi connectivity index (χ4v) is 5.72. The number of nitrogens with zero attached hydrogens (tertiary/aromatic N) is 5. The Kier molecular flexibility index (Phi) is 13.0. The van der Waals surface area contributed by atoms with Gasteiger partial charge in [-0.05, 0) is 88.8 Å². The third kappa shape index (κ3) is 8.06. The molecule has 1 aliphatic heterocycles. The second-order valence-corrected chi connectivity index (χ2v) is 11.9. The molecule has 0 fully saturated rings. The molecular weight excluding hydrogens is 574 g/mol. The minimum absolute atomic E-state index is 0.122. The van der Waals surface area contributed by atoms with Crippen LogP contribution in [0.3, 0.4) is 0 Å². The first-order valence-corrected chi connectivity index (χ1v) is 17.5. The normalized spacial score (nSPS) is 13.2. The molecular formula is C38H53N5O3. The van der Waals surface area contributed by atoms with E-state index >= 15 is 0 Å². The molecule has 8 nitrogen and oxygen atoms in total. The van der Waals surface area contributed by atoms with Gasteiger partial charge in [0.25, 0.3) is 5.56 Å². The third-order valence-electron chi connectivity index (χ3n) is 8.52. The van der Waals surface area contributed by atoms with E-state index in [9.17, 15) is 4.79 Å². The van der Waals surface area contributed by atoms with Crippen molar-refractivity contribution in [1.29, 1.82) is 0 Å². The molecule has 0 spiro atoms. The number of fused-ring (bicyclic) bond motifs is 1. The molecule has 1 aromatic heterocycles. The number of unbranched alkanes of at least 4 members (excludes halogenated alkanes) is 4. The summed E-state index contributed by atoms with van der Waals surface area (Å²) in [6.07, 6.45) is 8.53. The second-order valence-electron chi connectivity index (χ2n) is 11.9. The maximum absolute atomic E-state index is 14.0. The van der Waals surface area contributed by atoms with Crippen molar-refractivity contribution in [3.63, 3.8) is 0 Å². The van der Waals surface area contributed by atoms with Crippen molar-refractivity contribution in [3.8, 4) is 11.5 Å². The maximum atomic E-state index is 14.0. The Balaban J connectivity index is 1.90. The van der Waals surface area contributed by atoms with Crippen LogP contribution < -0.4 is 19.9 Å². The molecule has 0 radical (unpaired) electrons. The van der Waals surface area contributed by atoms with Gasteiger partial charge in [0.1, 0.15) is 22.9 Å². The Labute approximate surface area is 275 Å². The summed E-state index contributed by atoms with van der Waals surface area (Å²) in [5, 5.41) is 4.94. The number of anilines is 1. The van der Waals surface area contributed by atoms with E-state index in [-0.39, 0.29) is 5.56 Å². The molecule has 0 bridgehead atoms. The summed E-state index contributed by atoms with van der Waals surface area (Å²) >= 11 is 0. The van der Waals surface area contributed by atoms with Crippen LogP contribution in [0.1, 0.15) is 115 Å². The summed E-state index contributed by atoms with van der Waals surface area (Å²) in [6, 6.07) is 12.2. The van der Waals surface area contributed by atoms with Crippen molar-refractivity contribution in [1.82, 2.24) is 9.66 Å². The molecule has 0 saturated carbocycles. The van der Waals surface area contributed by atoms with E-state index in [0.29, 0.717) is 42.6 Å². The van der Waals surface area contributed by atoms with E-state index in [1.807, 2.05) is 25.1 Å². The molecule has 3 aromatic rings. The third-order valence-corrected chi connectivity index (χ3v) is 8.52. The summed E-state index contributed by atoms with van der Waals surface area (Å²) in [5.74, 6) is 1.91. The fourth-order valence-electron chi connectivity index (χ4n) is 5.72. The first kappa shape index (κ1) is 34.9. The Bertz CT molecular complexity index is 1590. The minimum atomic E-state index is -0.122. The van der Waals surface area contributed by atoms with Crippen LogP contribution in [0.15, 0.2) is 51.3 Å². The molecule has 1 aliphatic rings. The van der Waals surface area contributed by atoms with E-state index in [1.165, 1.54) is 4.68 Å².